The molecule has 0 amide bonds. The van der Waals surface area contributed by atoms with Gasteiger partial charge < -0.3 is 20.0 Å². The number of anilines is 4. The van der Waals surface area contributed by atoms with Crippen molar-refractivity contribution in [2.24, 2.45) is 0 Å². The van der Waals surface area contributed by atoms with Gasteiger partial charge in [-0.3, -0.25) is 0 Å². The van der Waals surface area contributed by atoms with Gasteiger partial charge in [-0.15, -0.1) is 0 Å². The van der Waals surface area contributed by atoms with Gasteiger partial charge in [0, 0.05) is 56.7 Å². The molecule has 4 rings (SSSR count). The summed E-state index contributed by atoms with van der Waals surface area (Å²) >= 11 is 0. The third-order valence-corrected chi connectivity index (χ3v) is 5.76. The topological polar surface area (TPSA) is 47.5 Å². The van der Waals surface area contributed by atoms with Gasteiger partial charge in [0.15, 0.2) is 0 Å². The summed E-state index contributed by atoms with van der Waals surface area (Å²) in [5, 5.41) is 3.47. The molecule has 1 aromatic heterocycles. The Morgan fingerprint density at radius 3 is 2.14 bits per heavy atom. The Kier molecular flexibility index (Phi) is 5.95. The highest BCUT2D eigenvalue weighted by Gasteiger charge is 2.15. The second kappa shape index (κ2) is 8.78. The molecule has 0 spiro atoms. The molecule has 6 heteroatoms. The number of piperazine rings is 1. The van der Waals surface area contributed by atoms with Gasteiger partial charge >= 0.3 is 0 Å². The minimum absolute atomic E-state index is 0.818. The molecule has 6 nitrogen and oxygen atoms in total. The molecule has 0 saturated carbocycles. The highest BCUT2D eigenvalue weighted by Crippen LogP contribution is 2.24. The lowest BCUT2D eigenvalue weighted by Crippen LogP contribution is -2.44. The summed E-state index contributed by atoms with van der Waals surface area (Å²) in [5.41, 5.74) is 2.36. The van der Waals surface area contributed by atoms with Crippen molar-refractivity contribution >= 4 is 23.0 Å². The van der Waals surface area contributed by atoms with Crippen molar-refractivity contribution < 1.29 is 0 Å². The molecule has 0 unspecified atom stereocenters. The maximum absolute atomic E-state index is 4.69. The van der Waals surface area contributed by atoms with Crippen LogP contribution in [0.4, 0.5) is 23.0 Å². The van der Waals surface area contributed by atoms with Gasteiger partial charge in [-0.1, -0.05) is 12.8 Å². The van der Waals surface area contributed by atoms with Crippen molar-refractivity contribution in [3.05, 3.63) is 36.2 Å². The van der Waals surface area contributed by atoms with Gasteiger partial charge in [0.25, 0.3) is 0 Å². The van der Waals surface area contributed by atoms with Crippen LogP contribution in [0.1, 0.15) is 31.5 Å². The number of hydrogen-bond acceptors (Lipinski definition) is 6. The van der Waals surface area contributed by atoms with E-state index in [-0.39, 0.29) is 0 Å². The molecule has 28 heavy (non-hydrogen) atoms. The summed E-state index contributed by atoms with van der Waals surface area (Å²) in [7, 11) is 2.19. The monoisotopic (exact) mass is 380 g/mol. The van der Waals surface area contributed by atoms with Crippen LogP contribution in [0.25, 0.3) is 0 Å². The van der Waals surface area contributed by atoms with E-state index in [1.54, 1.807) is 0 Å². The lowest BCUT2D eigenvalue weighted by molar-refractivity contribution is 0.313. The average molecular weight is 381 g/mol. The number of hydrogen-bond donors (Lipinski definition) is 1. The SMILES string of the molecule is Cc1nc(Nc2ccc(N3CCN(C)CC3)cc2)cc(N2CCCCCC2)n1. The van der Waals surface area contributed by atoms with Crippen molar-refractivity contribution in [1.29, 1.82) is 0 Å². The number of nitrogens with zero attached hydrogens (tertiary/aromatic N) is 5. The van der Waals surface area contributed by atoms with Crippen LogP contribution in [-0.2, 0) is 0 Å². The Balaban J connectivity index is 1.45. The van der Waals surface area contributed by atoms with Crippen LogP contribution in [0.15, 0.2) is 30.3 Å². The van der Waals surface area contributed by atoms with Crippen LogP contribution in [0.5, 0.6) is 0 Å². The molecule has 2 aromatic rings. The molecule has 2 aliphatic heterocycles. The fourth-order valence-electron chi connectivity index (χ4n) is 4.05. The van der Waals surface area contributed by atoms with Crippen LogP contribution >= 0.6 is 0 Å². The Morgan fingerprint density at radius 1 is 0.786 bits per heavy atom. The fraction of sp³-hybridized carbons (Fsp3) is 0.545. The number of rotatable bonds is 4. The average Bonchev–Trinajstić information content (AvgIpc) is 2.98. The molecule has 0 atom stereocenters. The van der Waals surface area contributed by atoms with E-state index in [1.165, 1.54) is 31.4 Å². The van der Waals surface area contributed by atoms with Crippen LogP contribution in [0.2, 0.25) is 0 Å². The quantitative estimate of drug-likeness (QED) is 0.873. The van der Waals surface area contributed by atoms with Crippen LogP contribution < -0.4 is 15.1 Å². The molecule has 2 aliphatic rings. The molecule has 3 heterocycles. The summed E-state index contributed by atoms with van der Waals surface area (Å²) in [5.74, 6) is 2.74. The van der Waals surface area contributed by atoms with Gasteiger partial charge in [-0.05, 0) is 51.1 Å². The Labute approximate surface area is 168 Å². The minimum Gasteiger partial charge on any atom is -0.369 e. The normalized spacial score (nSPS) is 18.8. The highest BCUT2D eigenvalue weighted by atomic mass is 15.2. The molecule has 150 valence electrons. The van der Waals surface area contributed by atoms with E-state index in [0.717, 1.165) is 62.4 Å². The standard InChI is InChI=1S/C22H32N6/c1-18-23-21(17-22(24-18)28-11-5-3-4-6-12-28)25-19-7-9-20(10-8-19)27-15-13-26(2)14-16-27/h7-10,17H,3-6,11-16H2,1-2H3,(H,23,24,25). The number of nitrogens with one attached hydrogen (secondary N) is 1. The van der Waals surface area contributed by atoms with Crippen molar-refractivity contribution in [3.63, 3.8) is 0 Å². The third kappa shape index (κ3) is 4.73. The minimum atomic E-state index is 0.818. The maximum Gasteiger partial charge on any atom is 0.136 e. The second-order valence-corrected chi connectivity index (χ2v) is 8.02. The first-order chi connectivity index (χ1) is 13.7. The summed E-state index contributed by atoms with van der Waals surface area (Å²) < 4.78 is 0. The molecular weight excluding hydrogens is 348 g/mol. The lowest BCUT2D eigenvalue weighted by Gasteiger charge is -2.34. The van der Waals surface area contributed by atoms with E-state index >= 15 is 0 Å². The van der Waals surface area contributed by atoms with Crippen molar-refractivity contribution in [3.8, 4) is 0 Å². The molecule has 0 radical (unpaired) electrons. The predicted molar refractivity (Wildman–Crippen MR) is 117 cm³/mol. The summed E-state index contributed by atoms with van der Waals surface area (Å²) in [6, 6.07) is 10.8. The predicted octanol–water partition coefficient (Wildman–Crippen LogP) is 3.66. The first kappa shape index (κ1) is 19.0. The highest BCUT2D eigenvalue weighted by molar-refractivity contribution is 5.63. The van der Waals surface area contributed by atoms with Gasteiger partial charge in [0.1, 0.15) is 17.5 Å². The van der Waals surface area contributed by atoms with Crippen molar-refractivity contribution in [2.75, 3.05) is 61.4 Å². The number of aryl methyl sites for hydroxylation is 1. The zero-order valence-corrected chi connectivity index (χ0v) is 17.2. The first-order valence-corrected chi connectivity index (χ1v) is 10.6. The lowest BCUT2D eigenvalue weighted by atomic mass is 10.2. The van der Waals surface area contributed by atoms with E-state index in [2.05, 4.69) is 67.4 Å². The van der Waals surface area contributed by atoms with Gasteiger partial charge in [0.05, 0.1) is 0 Å². The van der Waals surface area contributed by atoms with Gasteiger partial charge in [-0.25, -0.2) is 9.97 Å². The van der Waals surface area contributed by atoms with E-state index in [4.69, 9.17) is 0 Å². The number of benzene rings is 1. The first-order valence-electron chi connectivity index (χ1n) is 10.6. The molecule has 1 N–H and O–H groups in total. The van der Waals surface area contributed by atoms with Crippen LogP contribution in [0, 0.1) is 6.92 Å². The van der Waals surface area contributed by atoms with Crippen LogP contribution in [-0.4, -0.2) is 61.2 Å². The molecule has 2 saturated heterocycles. The third-order valence-electron chi connectivity index (χ3n) is 5.76. The molecule has 0 bridgehead atoms. The second-order valence-electron chi connectivity index (χ2n) is 8.02. The zero-order chi connectivity index (χ0) is 19.3. The largest absolute Gasteiger partial charge is 0.369 e. The summed E-state index contributed by atoms with van der Waals surface area (Å²) in [4.78, 5) is 16.5. The Hall–Kier alpha value is -2.34. The van der Waals surface area contributed by atoms with Crippen LogP contribution in [0.3, 0.4) is 0 Å². The van der Waals surface area contributed by atoms with E-state index in [1.807, 2.05) is 6.92 Å². The molecule has 1 aromatic carbocycles. The maximum atomic E-state index is 4.69. The Morgan fingerprint density at radius 2 is 1.46 bits per heavy atom. The zero-order valence-electron chi connectivity index (χ0n) is 17.2. The van der Waals surface area contributed by atoms with Crippen molar-refractivity contribution in [2.45, 2.75) is 32.6 Å². The smallest absolute Gasteiger partial charge is 0.136 e. The molecule has 0 aliphatic carbocycles. The number of likely N-dealkylation sites (N-methyl/N-ethyl adjacent to an activating group) is 1. The fourth-order valence-corrected chi connectivity index (χ4v) is 4.05. The summed E-state index contributed by atoms with van der Waals surface area (Å²) in [6.07, 6.45) is 5.15. The van der Waals surface area contributed by atoms with E-state index < -0.39 is 0 Å². The van der Waals surface area contributed by atoms with Gasteiger partial charge in [-0.2, -0.15) is 0 Å². The Bertz CT molecular complexity index is 759. The summed E-state index contributed by atoms with van der Waals surface area (Å²) in [6.45, 7) is 8.59. The van der Waals surface area contributed by atoms with Crippen molar-refractivity contribution in [1.82, 2.24) is 14.9 Å². The molecule has 2 fully saturated rings. The van der Waals surface area contributed by atoms with E-state index in [9.17, 15) is 0 Å². The number of aromatic nitrogens is 2. The van der Waals surface area contributed by atoms with Gasteiger partial charge in [0.2, 0.25) is 0 Å². The molecular formula is C22H32N6. The van der Waals surface area contributed by atoms with E-state index in [0.29, 0.717) is 0 Å².